The molecule has 1 aliphatic heterocycles. The summed E-state index contributed by atoms with van der Waals surface area (Å²) >= 11 is 0. The maximum absolute atomic E-state index is 12.3. The smallest absolute Gasteiger partial charge is 0.481 e. The van der Waals surface area contributed by atoms with Crippen molar-refractivity contribution in [1.29, 1.82) is 0 Å². The number of carbonyl (C=O) groups excluding carboxylic acids is 1. The second-order valence-electron chi connectivity index (χ2n) is 5.42. The quantitative estimate of drug-likeness (QED) is 0.930. The molecule has 1 aromatic carbocycles. The van der Waals surface area contributed by atoms with Crippen LogP contribution in [0.2, 0.25) is 0 Å². The number of rotatable bonds is 3. The highest BCUT2D eigenvalue weighted by Gasteiger charge is 2.42. The van der Waals surface area contributed by atoms with Crippen LogP contribution in [0.25, 0.3) is 0 Å². The van der Waals surface area contributed by atoms with E-state index in [1.165, 1.54) is 24.0 Å². The highest BCUT2D eigenvalue weighted by molar-refractivity contribution is 5.95. The Kier molecular flexibility index (Phi) is 4.04. The zero-order chi connectivity index (χ0) is 16.5. The predicted molar refractivity (Wildman–Crippen MR) is 69.4 cm³/mol. The molecule has 1 heterocycles. The van der Waals surface area contributed by atoms with Crippen LogP contribution in [0.4, 0.5) is 13.2 Å². The van der Waals surface area contributed by atoms with Crippen LogP contribution in [0, 0.1) is 5.41 Å². The zero-order valence-electron chi connectivity index (χ0n) is 11.7. The van der Waals surface area contributed by atoms with E-state index in [2.05, 4.69) is 4.74 Å². The third-order valence-corrected chi connectivity index (χ3v) is 3.59. The molecular formula is C14H14F3NO4. The summed E-state index contributed by atoms with van der Waals surface area (Å²) in [4.78, 5) is 24.7. The number of alkyl halides is 3. The van der Waals surface area contributed by atoms with Crippen molar-refractivity contribution in [2.75, 3.05) is 13.1 Å². The van der Waals surface area contributed by atoms with Crippen LogP contribution in [-0.4, -0.2) is 41.3 Å². The molecule has 0 bridgehead atoms. The number of carboxylic acid groups (broad SMARTS) is 1. The monoisotopic (exact) mass is 317 g/mol. The van der Waals surface area contributed by atoms with E-state index in [4.69, 9.17) is 5.11 Å². The van der Waals surface area contributed by atoms with Gasteiger partial charge in [0.15, 0.2) is 0 Å². The molecule has 1 N–H and O–H groups in total. The summed E-state index contributed by atoms with van der Waals surface area (Å²) in [7, 11) is 0. The molecule has 1 saturated heterocycles. The second kappa shape index (κ2) is 5.51. The Morgan fingerprint density at radius 1 is 1.36 bits per heavy atom. The summed E-state index contributed by atoms with van der Waals surface area (Å²) in [6.07, 6.45) is -4.54. The topological polar surface area (TPSA) is 66.8 Å². The van der Waals surface area contributed by atoms with Crippen LogP contribution in [0.1, 0.15) is 23.7 Å². The summed E-state index contributed by atoms with van der Waals surface area (Å²) in [5.41, 5.74) is -1.01. The number of benzene rings is 1. The van der Waals surface area contributed by atoms with Gasteiger partial charge in [-0.1, -0.05) is 6.07 Å². The lowest BCUT2D eigenvalue weighted by molar-refractivity contribution is -0.274. The molecule has 5 nitrogen and oxygen atoms in total. The minimum atomic E-state index is -4.84. The first-order valence-corrected chi connectivity index (χ1v) is 6.49. The van der Waals surface area contributed by atoms with Gasteiger partial charge in [-0.05, 0) is 31.5 Å². The van der Waals surface area contributed by atoms with Crippen molar-refractivity contribution in [2.24, 2.45) is 5.41 Å². The lowest BCUT2D eigenvalue weighted by Crippen LogP contribution is -2.34. The molecule has 0 aliphatic carbocycles. The summed E-state index contributed by atoms with van der Waals surface area (Å²) in [6.45, 7) is 1.79. The van der Waals surface area contributed by atoms with E-state index in [1.54, 1.807) is 0 Å². The highest BCUT2D eigenvalue weighted by Crippen LogP contribution is 2.31. The van der Waals surface area contributed by atoms with Crippen molar-refractivity contribution < 1.29 is 32.6 Å². The van der Waals surface area contributed by atoms with Crippen LogP contribution in [0.5, 0.6) is 5.75 Å². The van der Waals surface area contributed by atoms with Crippen molar-refractivity contribution in [3.05, 3.63) is 29.8 Å². The Morgan fingerprint density at radius 3 is 2.59 bits per heavy atom. The second-order valence-corrected chi connectivity index (χ2v) is 5.42. The van der Waals surface area contributed by atoms with Gasteiger partial charge in [0.05, 0.1) is 5.41 Å². The molecule has 1 amide bonds. The van der Waals surface area contributed by atoms with E-state index in [0.717, 1.165) is 12.1 Å². The molecule has 0 spiro atoms. The third kappa shape index (κ3) is 3.49. The molecule has 1 fully saturated rings. The van der Waals surface area contributed by atoms with Gasteiger partial charge in [-0.2, -0.15) is 0 Å². The Labute approximate surface area is 124 Å². The number of likely N-dealkylation sites (tertiary alicyclic amines) is 1. The first-order chi connectivity index (χ1) is 10.1. The third-order valence-electron chi connectivity index (χ3n) is 3.59. The number of aliphatic carboxylic acids is 1. The first-order valence-electron chi connectivity index (χ1n) is 6.49. The summed E-state index contributed by atoms with van der Waals surface area (Å²) in [5, 5.41) is 9.13. The zero-order valence-corrected chi connectivity index (χ0v) is 11.7. The number of halogens is 3. The molecular weight excluding hydrogens is 303 g/mol. The molecule has 0 saturated carbocycles. The number of carbonyl (C=O) groups is 2. The van der Waals surface area contributed by atoms with Gasteiger partial charge in [0.2, 0.25) is 0 Å². The van der Waals surface area contributed by atoms with Crippen LogP contribution < -0.4 is 4.74 Å². The molecule has 1 aliphatic rings. The normalized spacial score (nSPS) is 21.7. The van der Waals surface area contributed by atoms with E-state index in [9.17, 15) is 22.8 Å². The average molecular weight is 317 g/mol. The molecule has 1 atom stereocenters. The van der Waals surface area contributed by atoms with Crippen molar-refractivity contribution >= 4 is 11.9 Å². The van der Waals surface area contributed by atoms with E-state index in [-0.39, 0.29) is 18.7 Å². The largest absolute Gasteiger partial charge is 0.573 e. The van der Waals surface area contributed by atoms with Crippen LogP contribution in [-0.2, 0) is 4.79 Å². The number of hydrogen-bond acceptors (Lipinski definition) is 3. The van der Waals surface area contributed by atoms with Gasteiger partial charge in [0, 0.05) is 18.7 Å². The lowest BCUT2D eigenvalue weighted by Gasteiger charge is -2.20. The molecule has 0 aromatic heterocycles. The minimum absolute atomic E-state index is 0.0194. The van der Waals surface area contributed by atoms with Gasteiger partial charge in [-0.3, -0.25) is 9.59 Å². The molecule has 0 radical (unpaired) electrons. The highest BCUT2D eigenvalue weighted by atomic mass is 19.4. The fourth-order valence-electron chi connectivity index (χ4n) is 2.32. The maximum Gasteiger partial charge on any atom is 0.573 e. The van der Waals surface area contributed by atoms with Gasteiger partial charge in [-0.15, -0.1) is 13.2 Å². The standard InChI is InChI=1S/C14H14F3NO4/c1-13(12(20)21)5-6-18(8-13)11(19)9-3-2-4-10(7-9)22-14(15,16)17/h2-4,7H,5-6,8H2,1H3,(H,20,21). The number of amides is 1. The molecule has 1 unspecified atom stereocenters. The summed E-state index contributed by atoms with van der Waals surface area (Å²) in [6, 6.07) is 4.73. The number of nitrogens with zero attached hydrogens (tertiary/aromatic N) is 1. The first kappa shape index (κ1) is 16.1. The Hall–Kier alpha value is -2.25. The molecule has 120 valence electrons. The van der Waals surface area contributed by atoms with E-state index < -0.39 is 29.4 Å². The van der Waals surface area contributed by atoms with Gasteiger partial charge < -0.3 is 14.7 Å². The van der Waals surface area contributed by atoms with Crippen molar-refractivity contribution in [1.82, 2.24) is 4.90 Å². The fraction of sp³-hybridized carbons (Fsp3) is 0.429. The summed E-state index contributed by atoms with van der Waals surface area (Å²) in [5.74, 6) is -2.01. The fourth-order valence-corrected chi connectivity index (χ4v) is 2.32. The Bertz CT molecular complexity index is 602. The van der Waals surface area contributed by atoms with Crippen molar-refractivity contribution in [3.8, 4) is 5.75 Å². The summed E-state index contributed by atoms with van der Waals surface area (Å²) < 4.78 is 40.3. The van der Waals surface area contributed by atoms with Crippen LogP contribution >= 0.6 is 0 Å². The van der Waals surface area contributed by atoms with Gasteiger partial charge >= 0.3 is 12.3 Å². The van der Waals surface area contributed by atoms with Crippen LogP contribution in [0.15, 0.2) is 24.3 Å². The number of carboxylic acids is 1. The molecule has 1 aromatic rings. The lowest BCUT2D eigenvalue weighted by atomic mass is 9.90. The maximum atomic E-state index is 12.3. The van der Waals surface area contributed by atoms with Gasteiger partial charge in [-0.25, -0.2) is 0 Å². The van der Waals surface area contributed by atoms with E-state index in [1.807, 2.05) is 0 Å². The molecule has 2 rings (SSSR count). The van der Waals surface area contributed by atoms with Crippen LogP contribution in [0.3, 0.4) is 0 Å². The minimum Gasteiger partial charge on any atom is -0.481 e. The van der Waals surface area contributed by atoms with Gasteiger partial charge in [0.25, 0.3) is 5.91 Å². The van der Waals surface area contributed by atoms with Crippen molar-refractivity contribution in [2.45, 2.75) is 19.7 Å². The number of hydrogen-bond donors (Lipinski definition) is 1. The van der Waals surface area contributed by atoms with E-state index in [0.29, 0.717) is 6.42 Å². The molecule has 8 heteroatoms. The average Bonchev–Trinajstić information content (AvgIpc) is 2.80. The number of ether oxygens (including phenoxy) is 1. The van der Waals surface area contributed by atoms with Gasteiger partial charge in [0.1, 0.15) is 5.75 Å². The Morgan fingerprint density at radius 2 is 2.05 bits per heavy atom. The SMILES string of the molecule is CC1(C(=O)O)CCN(C(=O)c2cccc(OC(F)(F)F)c2)C1. The van der Waals surface area contributed by atoms with Crippen molar-refractivity contribution in [3.63, 3.8) is 0 Å². The van der Waals surface area contributed by atoms with E-state index >= 15 is 0 Å². The molecule has 22 heavy (non-hydrogen) atoms. The predicted octanol–water partition coefficient (Wildman–Crippen LogP) is 2.52. The Balaban J connectivity index is 2.14.